The van der Waals surface area contributed by atoms with E-state index in [2.05, 4.69) is 0 Å². The molecule has 19 heavy (non-hydrogen) atoms. The summed E-state index contributed by atoms with van der Waals surface area (Å²) >= 11 is 0. The normalized spacial score (nSPS) is 15.4. The molecule has 1 aliphatic rings. The summed E-state index contributed by atoms with van der Waals surface area (Å²) in [4.78, 5) is 12.1. The molecule has 0 radical (unpaired) electrons. The van der Waals surface area contributed by atoms with E-state index in [0.29, 0.717) is 0 Å². The first kappa shape index (κ1) is 11.3. The predicted molar refractivity (Wildman–Crippen MR) is 69.1 cm³/mol. The average molecular weight is 254 g/mol. The summed E-state index contributed by atoms with van der Waals surface area (Å²) < 4.78 is 5.40. The lowest BCUT2D eigenvalue weighted by molar-refractivity contribution is 0.101. The maximum atomic E-state index is 12.1. The van der Waals surface area contributed by atoms with Crippen molar-refractivity contribution in [1.82, 2.24) is 0 Å². The van der Waals surface area contributed by atoms with E-state index < -0.39 is 0 Å². The number of fused-ring (bicyclic) bond motifs is 1. The van der Waals surface area contributed by atoms with E-state index in [1.54, 1.807) is 6.08 Å². The van der Waals surface area contributed by atoms with Gasteiger partial charge in [0.2, 0.25) is 5.78 Å². The summed E-state index contributed by atoms with van der Waals surface area (Å²) in [5.74, 6) is -0.535. The number of ether oxygens (including phenoxy) is 1. The Labute approximate surface area is 109 Å². The first-order valence-electron chi connectivity index (χ1n) is 5.70. The van der Waals surface area contributed by atoms with Gasteiger partial charge in [0.05, 0.1) is 5.56 Å². The van der Waals surface area contributed by atoms with Gasteiger partial charge in [-0.05, 0) is 17.7 Å². The van der Waals surface area contributed by atoms with E-state index >= 15 is 0 Å². The molecule has 0 aliphatic carbocycles. The lowest BCUT2D eigenvalue weighted by Gasteiger charge is -2.00. The maximum absolute atomic E-state index is 12.1. The van der Waals surface area contributed by atoms with Crippen molar-refractivity contribution in [2.45, 2.75) is 0 Å². The smallest absolute Gasteiger partial charge is 0.232 e. The number of ketones is 1. The van der Waals surface area contributed by atoms with Crippen molar-refractivity contribution in [3.63, 3.8) is 0 Å². The van der Waals surface area contributed by atoms with Crippen molar-refractivity contribution < 1.29 is 19.7 Å². The lowest BCUT2D eigenvalue weighted by atomic mass is 10.1. The van der Waals surface area contributed by atoms with E-state index in [1.807, 2.05) is 30.3 Å². The molecule has 4 heteroatoms. The molecule has 0 amide bonds. The third-order valence-electron chi connectivity index (χ3n) is 2.86. The van der Waals surface area contributed by atoms with Gasteiger partial charge < -0.3 is 14.9 Å². The van der Waals surface area contributed by atoms with Gasteiger partial charge in [0.15, 0.2) is 17.3 Å². The molecule has 0 bridgehead atoms. The summed E-state index contributed by atoms with van der Waals surface area (Å²) in [6.45, 7) is 0. The first-order chi connectivity index (χ1) is 9.15. The van der Waals surface area contributed by atoms with Gasteiger partial charge in [0.25, 0.3) is 0 Å². The molecule has 0 spiro atoms. The van der Waals surface area contributed by atoms with Crippen LogP contribution in [0.1, 0.15) is 15.9 Å². The molecule has 0 unspecified atom stereocenters. The van der Waals surface area contributed by atoms with Gasteiger partial charge in [0, 0.05) is 6.07 Å². The molecule has 3 rings (SSSR count). The number of aromatic hydroxyl groups is 2. The average Bonchev–Trinajstić information content (AvgIpc) is 2.69. The number of carbonyl (C=O) groups excluding carboxylic acids is 1. The van der Waals surface area contributed by atoms with Crippen LogP contribution in [-0.2, 0) is 0 Å². The van der Waals surface area contributed by atoms with Gasteiger partial charge in [-0.3, -0.25) is 4.79 Å². The van der Waals surface area contributed by atoms with E-state index in [1.165, 1.54) is 12.1 Å². The van der Waals surface area contributed by atoms with Crippen LogP contribution in [-0.4, -0.2) is 16.0 Å². The highest BCUT2D eigenvalue weighted by atomic mass is 16.5. The quantitative estimate of drug-likeness (QED) is 0.606. The number of Topliss-reactive ketones (excluding diaryl/α,β-unsaturated/α-hetero) is 1. The minimum atomic E-state index is -0.336. The van der Waals surface area contributed by atoms with Gasteiger partial charge in [0.1, 0.15) is 5.75 Å². The monoisotopic (exact) mass is 254 g/mol. The molecular weight excluding hydrogens is 244 g/mol. The fraction of sp³-hybridized carbons (Fsp3) is 0. The number of allylic oxidation sites excluding steroid dienone is 1. The molecule has 0 saturated carbocycles. The largest absolute Gasteiger partial charge is 0.504 e. The van der Waals surface area contributed by atoms with Crippen LogP contribution < -0.4 is 4.74 Å². The second-order valence-corrected chi connectivity index (χ2v) is 4.19. The molecule has 0 saturated heterocycles. The Morgan fingerprint density at radius 3 is 2.42 bits per heavy atom. The van der Waals surface area contributed by atoms with Gasteiger partial charge in [-0.2, -0.15) is 0 Å². The Bertz CT molecular complexity index is 687. The van der Waals surface area contributed by atoms with Crippen LogP contribution >= 0.6 is 0 Å². The van der Waals surface area contributed by atoms with Crippen molar-refractivity contribution >= 4 is 11.9 Å². The molecule has 1 aliphatic heterocycles. The molecule has 4 nitrogen and oxygen atoms in total. The number of hydrogen-bond donors (Lipinski definition) is 2. The molecule has 0 fully saturated rings. The number of benzene rings is 2. The van der Waals surface area contributed by atoms with Crippen molar-refractivity contribution in [3.8, 4) is 17.2 Å². The highest BCUT2D eigenvalue weighted by Crippen LogP contribution is 2.39. The number of phenolic OH excluding ortho intramolecular Hbond substituents is 2. The number of phenols is 2. The maximum Gasteiger partial charge on any atom is 0.232 e. The fourth-order valence-corrected chi connectivity index (χ4v) is 1.91. The molecule has 0 aromatic heterocycles. The van der Waals surface area contributed by atoms with Gasteiger partial charge in [-0.1, -0.05) is 30.3 Å². The molecular formula is C15H10O4. The zero-order valence-corrected chi connectivity index (χ0v) is 9.83. The van der Waals surface area contributed by atoms with Crippen LogP contribution in [0, 0.1) is 0 Å². The SMILES string of the molecule is O=C1C(=Cc2ccccc2)Oc2cc(O)c(O)cc21. The van der Waals surface area contributed by atoms with Crippen LogP contribution in [0.25, 0.3) is 6.08 Å². The summed E-state index contributed by atoms with van der Waals surface area (Å²) in [5, 5.41) is 18.8. The first-order valence-corrected chi connectivity index (χ1v) is 5.70. The number of hydrogen-bond acceptors (Lipinski definition) is 4. The molecule has 0 atom stereocenters. The van der Waals surface area contributed by atoms with E-state index in [4.69, 9.17) is 4.74 Å². The summed E-state index contributed by atoms with van der Waals surface area (Å²) in [6.07, 6.45) is 1.62. The second kappa shape index (κ2) is 4.17. The molecule has 2 N–H and O–H groups in total. The van der Waals surface area contributed by atoms with Gasteiger partial charge >= 0.3 is 0 Å². The zero-order valence-electron chi connectivity index (χ0n) is 9.83. The van der Waals surface area contributed by atoms with Crippen molar-refractivity contribution in [1.29, 1.82) is 0 Å². The summed E-state index contributed by atoms with van der Waals surface area (Å²) in [5.41, 5.74) is 1.09. The minimum absolute atomic E-state index is 0.172. The van der Waals surface area contributed by atoms with Crippen LogP contribution in [0.2, 0.25) is 0 Å². The third-order valence-corrected chi connectivity index (χ3v) is 2.86. The lowest BCUT2D eigenvalue weighted by Crippen LogP contribution is -1.97. The summed E-state index contributed by atoms with van der Waals surface area (Å²) in [6, 6.07) is 11.7. The Morgan fingerprint density at radius 2 is 1.68 bits per heavy atom. The van der Waals surface area contributed by atoms with Crippen LogP contribution in [0.15, 0.2) is 48.2 Å². The Balaban J connectivity index is 2.02. The highest BCUT2D eigenvalue weighted by Gasteiger charge is 2.28. The third kappa shape index (κ3) is 1.93. The van der Waals surface area contributed by atoms with Crippen LogP contribution in [0.5, 0.6) is 17.2 Å². The van der Waals surface area contributed by atoms with Crippen molar-refractivity contribution in [2.24, 2.45) is 0 Å². The van der Waals surface area contributed by atoms with Crippen molar-refractivity contribution in [2.75, 3.05) is 0 Å². The highest BCUT2D eigenvalue weighted by molar-refractivity contribution is 6.14. The minimum Gasteiger partial charge on any atom is -0.504 e. The molecule has 2 aromatic rings. The zero-order chi connectivity index (χ0) is 13.4. The summed E-state index contributed by atoms with van der Waals surface area (Å²) in [7, 11) is 0. The number of carbonyl (C=O) groups is 1. The van der Waals surface area contributed by atoms with Crippen LogP contribution in [0.3, 0.4) is 0 Å². The van der Waals surface area contributed by atoms with E-state index in [0.717, 1.165) is 5.56 Å². The van der Waals surface area contributed by atoms with E-state index in [-0.39, 0.29) is 34.4 Å². The van der Waals surface area contributed by atoms with Crippen molar-refractivity contribution in [3.05, 3.63) is 59.4 Å². The molecule has 2 aromatic carbocycles. The van der Waals surface area contributed by atoms with Gasteiger partial charge in [-0.25, -0.2) is 0 Å². The fourth-order valence-electron chi connectivity index (χ4n) is 1.91. The second-order valence-electron chi connectivity index (χ2n) is 4.19. The topological polar surface area (TPSA) is 66.8 Å². The van der Waals surface area contributed by atoms with Crippen LogP contribution in [0.4, 0.5) is 0 Å². The standard InChI is InChI=1S/C15H10O4/c16-11-7-10-13(8-12(11)17)19-14(15(10)18)6-9-4-2-1-3-5-9/h1-8,16-17H. The van der Waals surface area contributed by atoms with E-state index in [9.17, 15) is 15.0 Å². The molecule has 94 valence electrons. The number of rotatable bonds is 1. The predicted octanol–water partition coefficient (Wildman–Crippen LogP) is 2.71. The Hall–Kier alpha value is -2.75. The Kier molecular flexibility index (Phi) is 2.49. The van der Waals surface area contributed by atoms with Gasteiger partial charge in [-0.15, -0.1) is 0 Å². The molecule has 1 heterocycles. The Morgan fingerprint density at radius 1 is 1.00 bits per heavy atom.